The van der Waals surface area contributed by atoms with Crippen molar-refractivity contribution in [2.75, 3.05) is 23.3 Å². The van der Waals surface area contributed by atoms with Crippen LogP contribution in [0.15, 0.2) is 48.8 Å². The highest BCUT2D eigenvalue weighted by Crippen LogP contribution is 2.20. The molecule has 1 saturated heterocycles. The van der Waals surface area contributed by atoms with Gasteiger partial charge in [0.05, 0.1) is 18.4 Å². The third-order valence-electron chi connectivity index (χ3n) is 4.24. The van der Waals surface area contributed by atoms with E-state index in [-0.39, 0.29) is 6.03 Å². The highest BCUT2D eigenvalue weighted by atomic mass is 16.2. The lowest BCUT2D eigenvalue weighted by Gasteiger charge is -2.15. The lowest BCUT2D eigenvalue weighted by Crippen LogP contribution is -2.27. The number of urea groups is 1. The van der Waals surface area contributed by atoms with E-state index in [1.54, 1.807) is 4.90 Å². The molecule has 2 N–H and O–H groups in total. The lowest BCUT2D eigenvalue weighted by molar-refractivity contribution is 0.252. The first-order valence-corrected chi connectivity index (χ1v) is 8.02. The normalized spacial score (nSPS) is 14.2. The zero-order chi connectivity index (χ0) is 16.5. The molecule has 4 rings (SSSR count). The summed E-state index contributed by atoms with van der Waals surface area (Å²) in [4.78, 5) is 17.8. The zero-order valence-electron chi connectivity index (χ0n) is 13.5. The van der Waals surface area contributed by atoms with E-state index in [1.807, 2.05) is 36.5 Å². The number of aryl methyl sites for hydroxylation is 1. The van der Waals surface area contributed by atoms with Gasteiger partial charge in [-0.05, 0) is 42.8 Å². The van der Waals surface area contributed by atoms with Gasteiger partial charge >= 0.3 is 6.03 Å². The molecule has 0 unspecified atom stereocenters. The average molecular weight is 321 g/mol. The number of aromatic nitrogens is 2. The molecule has 6 nitrogen and oxygen atoms in total. The summed E-state index contributed by atoms with van der Waals surface area (Å²) in [5.74, 6) is 0. The van der Waals surface area contributed by atoms with Crippen LogP contribution in [0.25, 0.3) is 5.65 Å². The van der Waals surface area contributed by atoms with E-state index in [0.29, 0.717) is 19.6 Å². The quantitative estimate of drug-likeness (QED) is 0.777. The number of carbonyl (C=O) groups is 1. The van der Waals surface area contributed by atoms with E-state index in [9.17, 15) is 4.79 Å². The fourth-order valence-corrected chi connectivity index (χ4v) is 2.94. The Morgan fingerprint density at radius 2 is 2.04 bits per heavy atom. The van der Waals surface area contributed by atoms with Crippen LogP contribution in [0, 0.1) is 6.92 Å². The largest absolute Gasteiger partial charge is 0.379 e. The molecular weight excluding hydrogens is 302 g/mol. The number of rotatable bonds is 4. The Hall–Kier alpha value is -3.02. The van der Waals surface area contributed by atoms with Gasteiger partial charge in [-0.15, -0.1) is 0 Å². The molecule has 2 amide bonds. The first-order chi connectivity index (χ1) is 11.7. The molecule has 0 bridgehead atoms. The molecule has 3 aromatic rings. The van der Waals surface area contributed by atoms with Gasteiger partial charge in [0.1, 0.15) is 5.65 Å². The molecule has 1 aliphatic rings. The van der Waals surface area contributed by atoms with Crippen molar-refractivity contribution in [2.45, 2.75) is 13.5 Å². The number of pyridine rings is 1. The number of amides is 2. The molecule has 0 spiro atoms. The van der Waals surface area contributed by atoms with Gasteiger partial charge in [0.2, 0.25) is 0 Å². The second kappa shape index (κ2) is 5.88. The molecule has 24 heavy (non-hydrogen) atoms. The van der Waals surface area contributed by atoms with Crippen LogP contribution in [0.4, 0.5) is 16.2 Å². The molecule has 3 heterocycles. The minimum absolute atomic E-state index is 0.0307. The van der Waals surface area contributed by atoms with Gasteiger partial charge in [-0.1, -0.05) is 6.07 Å². The van der Waals surface area contributed by atoms with Gasteiger partial charge in [-0.2, -0.15) is 0 Å². The van der Waals surface area contributed by atoms with Crippen molar-refractivity contribution in [3.8, 4) is 0 Å². The number of fused-ring (bicyclic) bond motifs is 1. The van der Waals surface area contributed by atoms with Gasteiger partial charge in [0, 0.05) is 30.7 Å². The van der Waals surface area contributed by atoms with Crippen LogP contribution < -0.4 is 15.5 Å². The zero-order valence-corrected chi connectivity index (χ0v) is 13.5. The van der Waals surface area contributed by atoms with Gasteiger partial charge in [-0.3, -0.25) is 4.90 Å². The fourth-order valence-electron chi connectivity index (χ4n) is 2.94. The maximum atomic E-state index is 11.7. The minimum Gasteiger partial charge on any atom is -0.379 e. The average Bonchev–Trinajstić information content (AvgIpc) is 3.19. The van der Waals surface area contributed by atoms with Crippen molar-refractivity contribution < 1.29 is 4.79 Å². The first-order valence-electron chi connectivity index (χ1n) is 8.02. The number of hydrogen-bond donors (Lipinski definition) is 2. The van der Waals surface area contributed by atoms with Gasteiger partial charge < -0.3 is 15.0 Å². The molecule has 2 aromatic heterocycles. The van der Waals surface area contributed by atoms with Crippen LogP contribution >= 0.6 is 0 Å². The van der Waals surface area contributed by atoms with Crippen molar-refractivity contribution in [2.24, 2.45) is 0 Å². The smallest absolute Gasteiger partial charge is 0.321 e. The second-order valence-electron chi connectivity index (χ2n) is 5.97. The molecule has 0 saturated carbocycles. The predicted octanol–water partition coefficient (Wildman–Crippen LogP) is 2.78. The first kappa shape index (κ1) is 14.6. The molecular formula is C18H19N5O. The van der Waals surface area contributed by atoms with Crippen LogP contribution in [-0.2, 0) is 6.54 Å². The number of hydrogen-bond acceptors (Lipinski definition) is 3. The summed E-state index contributed by atoms with van der Waals surface area (Å²) in [5.41, 5.74) is 5.20. The number of imidazole rings is 1. The number of nitrogens with one attached hydrogen (secondary N) is 2. The third-order valence-corrected chi connectivity index (χ3v) is 4.24. The van der Waals surface area contributed by atoms with E-state index in [1.165, 1.54) is 5.56 Å². The van der Waals surface area contributed by atoms with Crippen molar-refractivity contribution in [1.82, 2.24) is 14.7 Å². The van der Waals surface area contributed by atoms with E-state index in [2.05, 4.69) is 39.2 Å². The maximum absolute atomic E-state index is 11.7. The molecule has 1 aromatic carbocycles. The van der Waals surface area contributed by atoms with Crippen LogP contribution in [0.3, 0.4) is 0 Å². The SMILES string of the molecule is Cc1ccc2ncc(CNc3ccc(N4CCNC4=O)cc3)n2c1. The number of nitrogens with zero attached hydrogens (tertiary/aromatic N) is 3. The van der Waals surface area contributed by atoms with E-state index < -0.39 is 0 Å². The topological polar surface area (TPSA) is 61.7 Å². The Morgan fingerprint density at radius 3 is 2.79 bits per heavy atom. The molecule has 1 fully saturated rings. The van der Waals surface area contributed by atoms with Crippen LogP contribution in [0.1, 0.15) is 11.3 Å². The van der Waals surface area contributed by atoms with Gasteiger partial charge in [0.25, 0.3) is 0 Å². The molecule has 122 valence electrons. The van der Waals surface area contributed by atoms with Crippen LogP contribution in [0.2, 0.25) is 0 Å². The lowest BCUT2D eigenvalue weighted by atomic mass is 10.2. The Bertz CT molecular complexity index is 884. The second-order valence-corrected chi connectivity index (χ2v) is 5.97. The fraction of sp³-hybridized carbons (Fsp3) is 0.222. The number of anilines is 2. The summed E-state index contributed by atoms with van der Waals surface area (Å²) in [6.45, 7) is 4.18. The van der Waals surface area contributed by atoms with Crippen LogP contribution in [0.5, 0.6) is 0 Å². The summed E-state index contributed by atoms with van der Waals surface area (Å²) in [6.07, 6.45) is 3.99. The standard InChI is InChI=1S/C18H19N5O/c1-13-2-7-17-21-11-16(23(17)12-13)10-20-14-3-5-15(6-4-14)22-9-8-19-18(22)24/h2-7,11-12,20H,8-10H2,1H3,(H,19,24). The third kappa shape index (κ3) is 2.67. The molecule has 0 aliphatic carbocycles. The summed E-state index contributed by atoms with van der Waals surface area (Å²) >= 11 is 0. The maximum Gasteiger partial charge on any atom is 0.321 e. The summed E-state index contributed by atoms with van der Waals surface area (Å²) in [6, 6.07) is 12.0. The molecule has 0 radical (unpaired) electrons. The van der Waals surface area contributed by atoms with Crippen molar-refractivity contribution in [1.29, 1.82) is 0 Å². The molecule has 0 atom stereocenters. The van der Waals surface area contributed by atoms with Crippen molar-refractivity contribution in [3.63, 3.8) is 0 Å². The highest BCUT2D eigenvalue weighted by Gasteiger charge is 2.20. The number of benzene rings is 1. The minimum atomic E-state index is -0.0307. The van der Waals surface area contributed by atoms with E-state index in [0.717, 1.165) is 22.7 Å². The summed E-state index contributed by atoms with van der Waals surface area (Å²) < 4.78 is 2.10. The monoisotopic (exact) mass is 321 g/mol. The Labute approximate surface area is 140 Å². The molecule has 6 heteroatoms. The molecule has 1 aliphatic heterocycles. The van der Waals surface area contributed by atoms with E-state index >= 15 is 0 Å². The Balaban J connectivity index is 1.47. The Morgan fingerprint density at radius 1 is 1.21 bits per heavy atom. The highest BCUT2D eigenvalue weighted by molar-refractivity contribution is 5.94. The van der Waals surface area contributed by atoms with Gasteiger partial charge in [0.15, 0.2) is 0 Å². The van der Waals surface area contributed by atoms with Gasteiger partial charge in [-0.25, -0.2) is 9.78 Å². The summed E-state index contributed by atoms with van der Waals surface area (Å²) in [7, 11) is 0. The number of carbonyl (C=O) groups excluding carboxylic acids is 1. The predicted molar refractivity (Wildman–Crippen MR) is 94.4 cm³/mol. The van der Waals surface area contributed by atoms with Crippen molar-refractivity contribution >= 4 is 23.1 Å². The van der Waals surface area contributed by atoms with E-state index in [4.69, 9.17) is 0 Å². The van der Waals surface area contributed by atoms with Crippen molar-refractivity contribution in [3.05, 3.63) is 60.0 Å². The Kier molecular flexibility index (Phi) is 3.57. The van der Waals surface area contributed by atoms with Crippen LogP contribution in [-0.4, -0.2) is 28.5 Å². The summed E-state index contributed by atoms with van der Waals surface area (Å²) in [5, 5.41) is 6.22.